The maximum Gasteiger partial charge on any atom is 0.223 e. The van der Waals surface area contributed by atoms with Gasteiger partial charge in [0, 0.05) is 18.4 Å². The molecule has 0 aliphatic heterocycles. The molecule has 1 heterocycles. The van der Waals surface area contributed by atoms with Crippen molar-refractivity contribution >= 4 is 5.91 Å². The monoisotopic (exact) mass is 247 g/mol. The Labute approximate surface area is 108 Å². The Morgan fingerprint density at radius 3 is 3.00 bits per heavy atom. The molecule has 1 N–H and O–H groups in total. The molecule has 0 unspecified atom stereocenters. The van der Waals surface area contributed by atoms with Crippen molar-refractivity contribution in [3.8, 4) is 0 Å². The summed E-state index contributed by atoms with van der Waals surface area (Å²) in [5.74, 6) is 2.97. The van der Waals surface area contributed by atoms with Crippen molar-refractivity contribution < 1.29 is 9.21 Å². The number of fused-ring (bicyclic) bond motifs is 2. The second-order valence-corrected chi connectivity index (χ2v) is 5.97. The van der Waals surface area contributed by atoms with Crippen LogP contribution < -0.4 is 5.32 Å². The van der Waals surface area contributed by atoms with Gasteiger partial charge < -0.3 is 9.73 Å². The molecule has 2 fully saturated rings. The summed E-state index contributed by atoms with van der Waals surface area (Å²) in [6.07, 6.45) is 7.46. The van der Waals surface area contributed by atoms with Crippen molar-refractivity contribution in [2.24, 2.45) is 17.8 Å². The molecule has 0 radical (unpaired) electrons. The lowest BCUT2D eigenvalue weighted by molar-refractivity contribution is -0.127. The van der Waals surface area contributed by atoms with Crippen LogP contribution in [0, 0.1) is 17.8 Å². The molecular formula is C15H21NO2. The van der Waals surface area contributed by atoms with E-state index in [4.69, 9.17) is 4.42 Å². The van der Waals surface area contributed by atoms with Crippen LogP contribution in [0.15, 0.2) is 22.8 Å². The number of nitrogens with one attached hydrogen (secondary N) is 1. The molecule has 4 atom stereocenters. The first-order valence-corrected chi connectivity index (χ1v) is 7.05. The molecule has 2 saturated carbocycles. The number of amides is 1. The standard InChI is InChI=1S/C15H21NO2/c1-10(7-13-3-2-6-18-13)16-15(17)14-9-11-4-5-12(14)8-11/h2-3,6,10-12,14H,4-5,7-9H2,1H3,(H,16,17)/t10-,11+,12+,14-/m1/s1. The van der Waals surface area contributed by atoms with Gasteiger partial charge in [0.2, 0.25) is 5.91 Å². The zero-order chi connectivity index (χ0) is 12.5. The van der Waals surface area contributed by atoms with Crippen LogP contribution in [-0.4, -0.2) is 11.9 Å². The third-order valence-electron chi connectivity index (χ3n) is 4.55. The molecule has 2 aliphatic rings. The second-order valence-electron chi connectivity index (χ2n) is 5.97. The summed E-state index contributed by atoms with van der Waals surface area (Å²) < 4.78 is 5.31. The van der Waals surface area contributed by atoms with Crippen LogP contribution in [0.1, 0.15) is 38.4 Å². The summed E-state index contributed by atoms with van der Waals surface area (Å²) in [5.41, 5.74) is 0. The molecule has 1 aromatic rings. The van der Waals surface area contributed by atoms with Crippen LogP contribution in [0.2, 0.25) is 0 Å². The highest BCUT2D eigenvalue weighted by Gasteiger charge is 2.43. The number of furan rings is 1. The predicted molar refractivity (Wildman–Crippen MR) is 69.0 cm³/mol. The zero-order valence-electron chi connectivity index (χ0n) is 10.9. The lowest BCUT2D eigenvalue weighted by atomic mass is 9.88. The van der Waals surface area contributed by atoms with Gasteiger partial charge in [-0.2, -0.15) is 0 Å². The molecule has 3 rings (SSSR count). The van der Waals surface area contributed by atoms with Gasteiger partial charge in [-0.05, 0) is 50.2 Å². The first kappa shape index (κ1) is 11.8. The van der Waals surface area contributed by atoms with E-state index in [-0.39, 0.29) is 17.9 Å². The van der Waals surface area contributed by atoms with Crippen molar-refractivity contribution in [1.82, 2.24) is 5.32 Å². The predicted octanol–water partition coefficient (Wildman–Crippen LogP) is 2.76. The first-order valence-electron chi connectivity index (χ1n) is 7.05. The second kappa shape index (κ2) is 4.79. The number of carbonyl (C=O) groups excluding carboxylic acids is 1. The Morgan fingerprint density at radius 2 is 2.39 bits per heavy atom. The van der Waals surface area contributed by atoms with Crippen molar-refractivity contribution in [3.05, 3.63) is 24.2 Å². The van der Waals surface area contributed by atoms with E-state index in [9.17, 15) is 4.79 Å². The fourth-order valence-electron chi connectivity index (χ4n) is 3.70. The average molecular weight is 247 g/mol. The van der Waals surface area contributed by atoms with Crippen molar-refractivity contribution in [3.63, 3.8) is 0 Å². The Balaban J connectivity index is 1.51. The number of carbonyl (C=O) groups is 1. The van der Waals surface area contributed by atoms with E-state index in [2.05, 4.69) is 5.32 Å². The van der Waals surface area contributed by atoms with Crippen LogP contribution >= 0.6 is 0 Å². The van der Waals surface area contributed by atoms with Crippen LogP contribution in [-0.2, 0) is 11.2 Å². The first-order chi connectivity index (χ1) is 8.72. The van der Waals surface area contributed by atoms with Gasteiger partial charge in [-0.25, -0.2) is 0 Å². The van der Waals surface area contributed by atoms with E-state index in [0.717, 1.165) is 24.5 Å². The highest BCUT2D eigenvalue weighted by molar-refractivity contribution is 5.79. The van der Waals surface area contributed by atoms with Crippen LogP contribution in [0.4, 0.5) is 0 Å². The van der Waals surface area contributed by atoms with Gasteiger partial charge in [0.05, 0.1) is 6.26 Å². The van der Waals surface area contributed by atoms with E-state index < -0.39 is 0 Å². The van der Waals surface area contributed by atoms with Crippen molar-refractivity contribution in [2.45, 2.75) is 45.1 Å². The molecule has 3 heteroatoms. The van der Waals surface area contributed by atoms with Crippen molar-refractivity contribution in [1.29, 1.82) is 0 Å². The Hall–Kier alpha value is -1.25. The molecule has 98 valence electrons. The largest absolute Gasteiger partial charge is 0.469 e. The number of hydrogen-bond acceptors (Lipinski definition) is 2. The summed E-state index contributed by atoms with van der Waals surface area (Å²) >= 11 is 0. The smallest absolute Gasteiger partial charge is 0.223 e. The van der Waals surface area contributed by atoms with E-state index in [0.29, 0.717) is 5.92 Å². The Kier molecular flexibility index (Phi) is 3.14. The minimum absolute atomic E-state index is 0.155. The highest BCUT2D eigenvalue weighted by atomic mass is 16.3. The third-order valence-corrected chi connectivity index (χ3v) is 4.55. The van der Waals surface area contributed by atoms with E-state index in [1.807, 2.05) is 19.1 Å². The van der Waals surface area contributed by atoms with Gasteiger partial charge in [0.25, 0.3) is 0 Å². The maximum atomic E-state index is 12.2. The van der Waals surface area contributed by atoms with Gasteiger partial charge in [0.1, 0.15) is 5.76 Å². The van der Waals surface area contributed by atoms with E-state index in [1.165, 1.54) is 19.3 Å². The summed E-state index contributed by atoms with van der Waals surface area (Å²) in [6, 6.07) is 4.00. The normalized spacial score (nSPS) is 31.5. The lowest BCUT2D eigenvalue weighted by Gasteiger charge is -2.23. The fourth-order valence-corrected chi connectivity index (χ4v) is 3.70. The fraction of sp³-hybridized carbons (Fsp3) is 0.667. The average Bonchev–Trinajstić information content (AvgIpc) is 3.04. The molecule has 1 aromatic heterocycles. The summed E-state index contributed by atoms with van der Waals surface area (Å²) in [5, 5.41) is 3.15. The van der Waals surface area contributed by atoms with Crippen LogP contribution in [0.25, 0.3) is 0 Å². The molecule has 0 aromatic carbocycles. The number of hydrogen-bond donors (Lipinski definition) is 1. The Morgan fingerprint density at radius 1 is 1.50 bits per heavy atom. The number of rotatable bonds is 4. The maximum absolute atomic E-state index is 12.2. The molecule has 2 aliphatic carbocycles. The van der Waals surface area contributed by atoms with Crippen LogP contribution in [0.3, 0.4) is 0 Å². The van der Waals surface area contributed by atoms with Gasteiger partial charge in [-0.15, -0.1) is 0 Å². The Bertz CT molecular complexity index is 412. The molecule has 0 spiro atoms. The molecule has 2 bridgehead atoms. The lowest BCUT2D eigenvalue weighted by Crippen LogP contribution is -2.40. The quantitative estimate of drug-likeness (QED) is 0.889. The van der Waals surface area contributed by atoms with Crippen molar-refractivity contribution in [2.75, 3.05) is 0 Å². The zero-order valence-corrected chi connectivity index (χ0v) is 10.9. The third kappa shape index (κ3) is 2.31. The highest BCUT2D eigenvalue weighted by Crippen LogP contribution is 2.48. The van der Waals surface area contributed by atoms with Gasteiger partial charge in [0.15, 0.2) is 0 Å². The van der Waals surface area contributed by atoms with Gasteiger partial charge in [-0.3, -0.25) is 4.79 Å². The molecule has 1 amide bonds. The summed E-state index contributed by atoms with van der Waals surface area (Å²) in [7, 11) is 0. The topological polar surface area (TPSA) is 42.2 Å². The summed E-state index contributed by atoms with van der Waals surface area (Å²) in [4.78, 5) is 12.2. The molecule has 18 heavy (non-hydrogen) atoms. The van der Waals surface area contributed by atoms with Gasteiger partial charge >= 0.3 is 0 Å². The molecular weight excluding hydrogens is 226 g/mol. The van der Waals surface area contributed by atoms with Crippen LogP contribution in [0.5, 0.6) is 0 Å². The molecule has 3 nitrogen and oxygen atoms in total. The van der Waals surface area contributed by atoms with E-state index >= 15 is 0 Å². The van der Waals surface area contributed by atoms with E-state index in [1.54, 1.807) is 6.26 Å². The van der Waals surface area contributed by atoms with Gasteiger partial charge in [-0.1, -0.05) is 6.42 Å². The SMILES string of the molecule is C[C@H](Cc1ccco1)NC(=O)[C@@H]1C[C@H]2CC[C@H]1C2. The summed E-state index contributed by atoms with van der Waals surface area (Å²) in [6.45, 7) is 2.05. The minimum Gasteiger partial charge on any atom is -0.469 e. The molecule has 0 saturated heterocycles. The minimum atomic E-state index is 0.155.